The van der Waals surface area contributed by atoms with E-state index in [1.807, 2.05) is 6.92 Å². The van der Waals surface area contributed by atoms with Gasteiger partial charge < -0.3 is 5.32 Å². The van der Waals surface area contributed by atoms with Crippen LogP contribution in [0.25, 0.3) is 0 Å². The summed E-state index contributed by atoms with van der Waals surface area (Å²) in [5.41, 5.74) is 0. The molecule has 0 spiro atoms. The van der Waals surface area contributed by atoms with Crippen LogP contribution in [0.15, 0.2) is 0 Å². The average Bonchev–Trinajstić information content (AvgIpc) is 2.27. The van der Waals surface area contributed by atoms with E-state index >= 15 is 0 Å². The quantitative estimate of drug-likeness (QED) is 0.770. The van der Waals surface area contributed by atoms with E-state index < -0.39 is 0 Å². The predicted molar refractivity (Wildman–Crippen MR) is 59.0 cm³/mol. The molecule has 1 aliphatic carbocycles. The minimum atomic E-state index is -0.0831. The summed E-state index contributed by atoms with van der Waals surface area (Å²) < 4.78 is 0. The van der Waals surface area contributed by atoms with Gasteiger partial charge in [-0.1, -0.05) is 19.3 Å². The van der Waals surface area contributed by atoms with Crippen molar-refractivity contribution in [1.82, 2.24) is 5.32 Å². The molecule has 3 heteroatoms. The molecule has 0 aliphatic heterocycles. The molecule has 0 radical (unpaired) electrons. The fourth-order valence-corrected chi connectivity index (χ4v) is 2.04. The Bertz CT molecular complexity index is 238. The molecular formula is C12H20N2O. The van der Waals surface area contributed by atoms with Crippen molar-refractivity contribution >= 4 is 5.91 Å². The third kappa shape index (κ3) is 4.83. The fraction of sp³-hybridized carbons (Fsp3) is 0.833. The van der Waals surface area contributed by atoms with Crippen LogP contribution < -0.4 is 5.32 Å². The first-order valence-corrected chi connectivity index (χ1v) is 5.88. The topological polar surface area (TPSA) is 52.9 Å². The maximum Gasteiger partial charge on any atom is 0.220 e. The number of nitriles is 1. The Hall–Kier alpha value is -1.04. The second-order valence-electron chi connectivity index (χ2n) is 4.54. The van der Waals surface area contributed by atoms with Crippen LogP contribution in [-0.4, -0.2) is 12.5 Å². The largest absolute Gasteiger partial charge is 0.355 e. The van der Waals surface area contributed by atoms with Crippen LogP contribution in [0.3, 0.4) is 0 Å². The van der Waals surface area contributed by atoms with Gasteiger partial charge in [-0.05, 0) is 25.7 Å². The molecule has 0 heterocycles. The first-order valence-electron chi connectivity index (χ1n) is 5.88. The van der Waals surface area contributed by atoms with Crippen molar-refractivity contribution in [2.24, 2.45) is 11.8 Å². The molecule has 0 bridgehead atoms. The molecule has 1 atom stereocenters. The van der Waals surface area contributed by atoms with Crippen LogP contribution in [0.5, 0.6) is 0 Å². The van der Waals surface area contributed by atoms with Crippen molar-refractivity contribution in [3.05, 3.63) is 0 Å². The lowest BCUT2D eigenvalue weighted by molar-refractivity contribution is -0.122. The minimum Gasteiger partial charge on any atom is -0.355 e. The number of hydrogen-bond donors (Lipinski definition) is 1. The molecule has 0 aromatic heterocycles. The summed E-state index contributed by atoms with van der Waals surface area (Å²) in [6.07, 6.45) is 6.91. The van der Waals surface area contributed by atoms with Gasteiger partial charge in [0.05, 0.1) is 12.0 Å². The van der Waals surface area contributed by atoms with Gasteiger partial charge in [-0.3, -0.25) is 4.79 Å². The summed E-state index contributed by atoms with van der Waals surface area (Å²) in [5, 5.41) is 11.4. The molecule has 1 rings (SSSR count). The Labute approximate surface area is 91.9 Å². The highest BCUT2D eigenvalue weighted by Gasteiger charge is 2.16. The first kappa shape index (κ1) is 12.0. The maximum atomic E-state index is 11.5. The summed E-state index contributed by atoms with van der Waals surface area (Å²) >= 11 is 0. The lowest BCUT2D eigenvalue weighted by Gasteiger charge is -2.20. The molecular weight excluding hydrogens is 188 g/mol. The van der Waals surface area contributed by atoms with Gasteiger partial charge in [0.25, 0.3) is 0 Å². The molecule has 1 N–H and O–H groups in total. The van der Waals surface area contributed by atoms with Crippen molar-refractivity contribution in [3.63, 3.8) is 0 Å². The number of amides is 1. The Morgan fingerprint density at radius 3 is 2.73 bits per heavy atom. The number of nitrogens with zero attached hydrogens (tertiary/aromatic N) is 1. The molecule has 0 saturated heterocycles. The van der Waals surface area contributed by atoms with E-state index in [1.165, 1.54) is 32.1 Å². The van der Waals surface area contributed by atoms with Crippen LogP contribution in [-0.2, 0) is 4.79 Å². The molecule has 1 amide bonds. The van der Waals surface area contributed by atoms with E-state index in [1.54, 1.807) is 0 Å². The Balaban J connectivity index is 2.15. The van der Waals surface area contributed by atoms with Gasteiger partial charge in [0.1, 0.15) is 0 Å². The number of rotatable bonds is 4. The van der Waals surface area contributed by atoms with Crippen molar-refractivity contribution in [1.29, 1.82) is 5.26 Å². The predicted octanol–water partition coefficient (Wildman–Crippen LogP) is 2.23. The van der Waals surface area contributed by atoms with Crippen molar-refractivity contribution < 1.29 is 4.79 Å². The summed E-state index contributed by atoms with van der Waals surface area (Å²) in [7, 11) is 0. The number of carbonyl (C=O) groups is 1. The second kappa shape index (κ2) is 6.44. The molecule has 1 fully saturated rings. The van der Waals surface area contributed by atoms with Gasteiger partial charge in [0, 0.05) is 13.0 Å². The summed E-state index contributed by atoms with van der Waals surface area (Å²) in [6, 6.07) is 2.11. The summed E-state index contributed by atoms with van der Waals surface area (Å²) in [5.74, 6) is 0.612. The van der Waals surface area contributed by atoms with Crippen LogP contribution in [0.4, 0.5) is 0 Å². The summed E-state index contributed by atoms with van der Waals surface area (Å²) in [6.45, 7) is 2.31. The second-order valence-corrected chi connectivity index (χ2v) is 4.54. The molecule has 3 nitrogen and oxygen atoms in total. The van der Waals surface area contributed by atoms with Gasteiger partial charge in [0.15, 0.2) is 0 Å². The van der Waals surface area contributed by atoms with Crippen molar-refractivity contribution in [2.75, 3.05) is 6.54 Å². The molecule has 1 unspecified atom stereocenters. The lowest BCUT2D eigenvalue weighted by Crippen LogP contribution is -2.29. The third-order valence-corrected chi connectivity index (χ3v) is 3.02. The van der Waals surface area contributed by atoms with Crippen LogP contribution >= 0.6 is 0 Å². The highest BCUT2D eigenvalue weighted by Crippen LogP contribution is 2.25. The van der Waals surface area contributed by atoms with Gasteiger partial charge >= 0.3 is 0 Å². The van der Waals surface area contributed by atoms with E-state index in [-0.39, 0.29) is 11.8 Å². The number of carbonyl (C=O) groups excluding carboxylic acids is 1. The number of nitrogens with one attached hydrogen (secondary N) is 1. The van der Waals surface area contributed by atoms with E-state index in [0.29, 0.717) is 18.9 Å². The van der Waals surface area contributed by atoms with E-state index in [2.05, 4.69) is 11.4 Å². The zero-order chi connectivity index (χ0) is 11.1. The minimum absolute atomic E-state index is 0.0831. The van der Waals surface area contributed by atoms with Crippen LogP contribution in [0, 0.1) is 23.2 Å². The van der Waals surface area contributed by atoms with Gasteiger partial charge in [0.2, 0.25) is 5.91 Å². The first-order chi connectivity index (χ1) is 7.22. The standard InChI is InChI=1S/C12H20N2O/c1-10(8-13)9-14-12(15)7-11-5-3-2-4-6-11/h10-11H,2-7,9H2,1H3,(H,14,15). The Kier molecular flexibility index (Phi) is 5.17. The molecule has 0 aromatic carbocycles. The average molecular weight is 208 g/mol. The maximum absolute atomic E-state index is 11.5. The van der Waals surface area contributed by atoms with E-state index in [9.17, 15) is 4.79 Å². The van der Waals surface area contributed by atoms with Crippen molar-refractivity contribution in [2.45, 2.75) is 45.4 Å². The van der Waals surface area contributed by atoms with Crippen LogP contribution in [0.2, 0.25) is 0 Å². The van der Waals surface area contributed by atoms with Gasteiger partial charge in [-0.2, -0.15) is 5.26 Å². The van der Waals surface area contributed by atoms with Gasteiger partial charge in [-0.25, -0.2) is 0 Å². The van der Waals surface area contributed by atoms with E-state index in [4.69, 9.17) is 5.26 Å². The van der Waals surface area contributed by atoms with Crippen molar-refractivity contribution in [3.8, 4) is 6.07 Å². The highest BCUT2D eigenvalue weighted by molar-refractivity contribution is 5.76. The molecule has 1 saturated carbocycles. The van der Waals surface area contributed by atoms with Crippen LogP contribution in [0.1, 0.15) is 45.4 Å². The molecule has 15 heavy (non-hydrogen) atoms. The molecule has 0 aromatic rings. The third-order valence-electron chi connectivity index (χ3n) is 3.02. The summed E-state index contributed by atoms with van der Waals surface area (Å²) in [4.78, 5) is 11.5. The Morgan fingerprint density at radius 1 is 1.47 bits per heavy atom. The smallest absolute Gasteiger partial charge is 0.220 e. The SMILES string of the molecule is CC(C#N)CNC(=O)CC1CCCCC1. The molecule has 1 aliphatic rings. The monoisotopic (exact) mass is 208 g/mol. The zero-order valence-corrected chi connectivity index (χ0v) is 9.46. The zero-order valence-electron chi connectivity index (χ0n) is 9.46. The normalized spacial score (nSPS) is 19.2. The fourth-order valence-electron chi connectivity index (χ4n) is 2.04. The Morgan fingerprint density at radius 2 is 2.13 bits per heavy atom. The molecule has 84 valence electrons. The van der Waals surface area contributed by atoms with Gasteiger partial charge in [-0.15, -0.1) is 0 Å². The van der Waals surface area contributed by atoms with E-state index in [0.717, 1.165) is 0 Å². The lowest BCUT2D eigenvalue weighted by atomic mass is 9.87. The number of hydrogen-bond acceptors (Lipinski definition) is 2. The highest BCUT2D eigenvalue weighted by atomic mass is 16.1.